The van der Waals surface area contributed by atoms with Crippen molar-refractivity contribution in [3.63, 3.8) is 0 Å². The number of nitrogens with zero attached hydrogens (tertiary/aromatic N) is 2. The molecule has 0 radical (unpaired) electrons. The summed E-state index contributed by atoms with van der Waals surface area (Å²) in [6, 6.07) is 11.1. The first-order valence-corrected chi connectivity index (χ1v) is 8.32. The number of nitrogens with two attached hydrogens (primary N) is 1. The summed E-state index contributed by atoms with van der Waals surface area (Å²) < 4.78 is 7.43. The van der Waals surface area contributed by atoms with E-state index in [4.69, 9.17) is 15.9 Å². The lowest BCUT2D eigenvalue weighted by Crippen LogP contribution is -2.23. The van der Waals surface area contributed by atoms with Gasteiger partial charge < -0.3 is 20.4 Å². The van der Waals surface area contributed by atoms with Crippen molar-refractivity contribution in [1.82, 2.24) is 4.57 Å². The number of nitrogens with one attached hydrogen (secondary N) is 1. The highest BCUT2D eigenvalue weighted by Gasteiger charge is 2.07. The Bertz CT molecular complexity index is 882. The van der Waals surface area contributed by atoms with E-state index in [0.29, 0.717) is 25.4 Å². The minimum Gasteiger partial charge on any atom is -0.489 e. The molecule has 1 aromatic carbocycles. The molecule has 0 unspecified atom stereocenters. The molecule has 0 aliphatic rings. The van der Waals surface area contributed by atoms with Crippen molar-refractivity contribution in [1.29, 1.82) is 5.41 Å². The van der Waals surface area contributed by atoms with Crippen LogP contribution in [0.15, 0.2) is 57.8 Å². The van der Waals surface area contributed by atoms with E-state index in [-0.39, 0.29) is 5.56 Å². The second-order valence-corrected chi connectivity index (χ2v) is 5.81. The van der Waals surface area contributed by atoms with Crippen LogP contribution in [0.3, 0.4) is 0 Å². The van der Waals surface area contributed by atoms with Crippen molar-refractivity contribution in [3.8, 4) is 5.75 Å². The predicted octanol–water partition coefficient (Wildman–Crippen LogP) is 2.47. The highest BCUT2D eigenvalue weighted by molar-refractivity contribution is 5.85. The fourth-order valence-corrected chi connectivity index (χ4v) is 2.64. The van der Waals surface area contributed by atoms with Crippen molar-refractivity contribution in [2.45, 2.75) is 26.6 Å². The van der Waals surface area contributed by atoms with Gasteiger partial charge in [0.1, 0.15) is 12.4 Å². The number of allylic oxidation sites excluding steroid dienone is 2. The summed E-state index contributed by atoms with van der Waals surface area (Å²) in [6.07, 6.45) is 4.45. The predicted molar refractivity (Wildman–Crippen MR) is 105 cm³/mol. The van der Waals surface area contributed by atoms with Crippen LogP contribution in [0.2, 0.25) is 0 Å². The molecule has 0 amide bonds. The Morgan fingerprint density at radius 3 is 2.65 bits per heavy atom. The van der Waals surface area contributed by atoms with E-state index in [1.165, 1.54) is 12.3 Å². The SMILES string of the molecule is CN=C/C(=C\C=N)Cn1c(C)cc(OCc2ccccc2CN)cc1=O. The molecule has 0 aliphatic carbocycles. The third kappa shape index (κ3) is 5.00. The summed E-state index contributed by atoms with van der Waals surface area (Å²) in [5.41, 5.74) is 9.17. The Morgan fingerprint density at radius 2 is 2.04 bits per heavy atom. The van der Waals surface area contributed by atoms with Crippen molar-refractivity contribution in [3.05, 3.63) is 75.2 Å². The van der Waals surface area contributed by atoms with Gasteiger partial charge in [0.25, 0.3) is 5.56 Å². The second-order valence-electron chi connectivity index (χ2n) is 5.81. The first kappa shape index (κ1) is 19.3. The molecule has 0 bridgehead atoms. The standard InChI is InChI=1S/C20H24N4O2/c1-15-9-19(26-14-18-6-4-3-5-17(18)11-22)10-20(25)24(15)13-16(7-8-21)12-23-2/h3-10,12,21H,11,13-14,22H2,1-2H3/b16-7+,21-8?,23-12?. The lowest BCUT2D eigenvalue weighted by Gasteiger charge is -2.14. The summed E-state index contributed by atoms with van der Waals surface area (Å²) in [5, 5.41) is 7.21. The van der Waals surface area contributed by atoms with Gasteiger partial charge in [-0.1, -0.05) is 24.3 Å². The molecule has 3 N–H and O–H groups in total. The van der Waals surface area contributed by atoms with Gasteiger partial charge in [-0.05, 0) is 35.8 Å². The summed E-state index contributed by atoms with van der Waals surface area (Å²) in [6.45, 7) is 3.01. The molecular formula is C20H24N4O2. The summed E-state index contributed by atoms with van der Waals surface area (Å²) in [5.74, 6) is 0.525. The van der Waals surface area contributed by atoms with E-state index < -0.39 is 0 Å². The zero-order valence-electron chi connectivity index (χ0n) is 15.1. The monoisotopic (exact) mass is 352 g/mol. The zero-order valence-corrected chi connectivity index (χ0v) is 15.1. The number of aromatic nitrogens is 1. The molecule has 2 rings (SSSR count). The quantitative estimate of drug-likeness (QED) is 0.715. The maximum absolute atomic E-state index is 12.5. The molecular weight excluding hydrogens is 328 g/mol. The molecule has 1 aromatic heterocycles. The largest absolute Gasteiger partial charge is 0.489 e. The van der Waals surface area contributed by atoms with Crippen molar-refractivity contribution < 1.29 is 4.74 Å². The average molecular weight is 352 g/mol. The van der Waals surface area contributed by atoms with Crippen molar-refractivity contribution in [2.75, 3.05) is 7.05 Å². The van der Waals surface area contributed by atoms with Crippen LogP contribution in [0.5, 0.6) is 5.75 Å². The third-order valence-electron chi connectivity index (χ3n) is 3.97. The first-order chi connectivity index (χ1) is 12.6. The van der Waals surface area contributed by atoms with E-state index in [9.17, 15) is 4.79 Å². The Balaban J connectivity index is 2.19. The van der Waals surface area contributed by atoms with Crippen molar-refractivity contribution >= 4 is 12.4 Å². The Hall–Kier alpha value is -2.99. The van der Waals surface area contributed by atoms with Gasteiger partial charge in [0, 0.05) is 37.8 Å². The number of rotatable bonds is 8. The van der Waals surface area contributed by atoms with Gasteiger partial charge >= 0.3 is 0 Å². The van der Waals surface area contributed by atoms with Crippen molar-refractivity contribution in [2.24, 2.45) is 10.7 Å². The Labute approximate surface area is 153 Å². The molecule has 0 fully saturated rings. The van der Waals surface area contributed by atoms with Gasteiger partial charge in [0.05, 0.1) is 6.54 Å². The van der Waals surface area contributed by atoms with Crippen LogP contribution in [0.1, 0.15) is 16.8 Å². The minimum absolute atomic E-state index is 0.160. The smallest absolute Gasteiger partial charge is 0.254 e. The topological polar surface area (TPSA) is 93.5 Å². The second kappa shape index (κ2) is 9.48. The van der Waals surface area contributed by atoms with Crippen LogP contribution in [0.4, 0.5) is 0 Å². The highest BCUT2D eigenvalue weighted by atomic mass is 16.5. The van der Waals surface area contributed by atoms with Gasteiger partial charge in [-0.25, -0.2) is 0 Å². The van der Waals surface area contributed by atoms with E-state index >= 15 is 0 Å². The molecule has 1 heterocycles. The van der Waals surface area contributed by atoms with Gasteiger partial charge in [-0.2, -0.15) is 0 Å². The highest BCUT2D eigenvalue weighted by Crippen LogP contribution is 2.15. The first-order valence-electron chi connectivity index (χ1n) is 8.32. The fourth-order valence-electron chi connectivity index (χ4n) is 2.64. The van der Waals surface area contributed by atoms with Crippen LogP contribution in [0, 0.1) is 12.3 Å². The third-order valence-corrected chi connectivity index (χ3v) is 3.97. The minimum atomic E-state index is -0.160. The summed E-state index contributed by atoms with van der Waals surface area (Å²) >= 11 is 0. The summed E-state index contributed by atoms with van der Waals surface area (Å²) in [4.78, 5) is 16.4. The molecule has 0 saturated heterocycles. The van der Waals surface area contributed by atoms with Gasteiger partial charge in [0.15, 0.2) is 0 Å². The normalized spacial score (nSPS) is 11.7. The average Bonchev–Trinajstić information content (AvgIpc) is 2.63. The Morgan fingerprint density at radius 1 is 1.31 bits per heavy atom. The van der Waals surface area contributed by atoms with Gasteiger partial charge in [-0.15, -0.1) is 0 Å². The lowest BCUT2D eigenvalue weighted by molar-refractivity contribution is 0.303. The maximum atomic E-state index is 12.5. The molecule has 0 atom stereocenters. The van der Waals surface area contributed by atoms with E-state index in [1.54, 1.807) is 23.9 Å². The number of aryl methyl sites for hydroxylation is 1. The van der Waals surface area contributed by atoms with Gasteiger partial charge in [0.2, 0.25) is 0 Å². The number of benzene rings is 1. The van der Waals surface area contributed by atoms with Crippen LogP contribution in [0.25, 0.3) is 0 Å². The van der Waals surface area contributed by atoms with Crippen LogP contribution in [-0.2, 0) is 19.7 Å². The molecule has 26 heavy (non-hydrogen) atoms. The molecule has 6 heteroatoms. The van der Waals surface area contributed by atoms with E-state index in [2.05, 4.69) is 4.99 Å². The van der Waals surface area contributed by atoms with Crippen LogP contribution in [-0.4, -0.2) is 24.0 Å². The number of ether oxygens (including phenoxy) is 1. The lowest BCUT2D eigenvalue weighted by atomic mass is 10.1. The molecule has 0 spiro atoms. The molecule has 6 nitrogen and oxygen atoms in total. The molecule has 2 aromatic rings. The van der Waals surface area contributed by atoms with Gasteiger partial charge in [-0.3, -0.25) is 9.79 Å². The van der Waals surface area contributed by atoms with Crippen LogP contribution >= 0.6 is 0 Å². The number of pyridine rings is 1. The van der Waals surface area contributed by atoms with E-state index in [0.717, 1.165) is 22.4 Å². The maximum Gasteiger partial charge on any atom is 0.254 e. The number of hydrogen-bond acceptors (Lipinski definition) is 5. The molecule has 0 saturated carbocycles. The zero-order chi connectivity index (χ0) is 18.9. The Kier molecular flexibility index (Phi) is 7.05. The van der Waals surface area contributed by atoms with Crippen LogP contribution < -0.4 is 16.0 Å². The number of aliphatic imine (C=N–C) groups is 1. The number of hydrogen-bond donors (Lipinski definition) is 2. The molecule has 0 aliphatic heterocycles. The van der Waals surface area contributed by atoms with E-state index in [1.807, 2.05) is 37.3 Å². The summed E-state index contributed by atoms with van der Waals surface area (Å²) in [7, 11) is 1.66. The fraction of sp³-hybridized carbons (Fsp3) is 0.250. The molecule has 136 valence electrons.